The Balaban J connectivity index is -0.00000118. The number of hydrogen-bond acceptors (Lipinski definition) is 12. The molecule has 0 aliphatic carbocycles. The lowest BCUT2D eigenvalue weighted by atomic mass is 10.1. The number of nitrogens with one attached hydrogen (secondary N) is 2. The Morgan fingerprint density at radius 3 is 1.67 bits per heavy atom. The van der Waals surface area contributed by atoms with Crippen molar-refractivity contribution < 1.29 is 15.6 Å². The molecule has 1 amide bonds. The van der Waals surface area contributed by atoms with Crippen LogP contribution in [-0.4, -0.2) is 52.1 Å². The molecule has 2 aliphatic rings. The molecule has 258 valence electrons. The summed E-state index contributed by atoms with van der Waals surface area (Å²) in [4.78, 5) is 31.7. The van der Waals surface area contributed by atoms with Crippen molar-refractivity contribution in [2.24, 2.45) is 0 Å². The second kappa shape index (κ2) is 18.4. The molecular weight excluding hydrogens is 606 g/mol. The molecule has 4 aromatic rings. The quantitative estimate of drug-likeness (QED) is 0.0988. The van der Waals surface area contributed by atoms with Gasteiger partial charge in [0, 0.05) is 49.3 Å². The third-order valence-corrected chi connectivity index (χ3v) is 7.64. The zero-order valence-corrected chi connectivity index (χ0v) is 27.1. The zero-order valence-electron chi connectivity index (χ0n) is 26.3. The summed E-state index contributed by atoms with van der Waals surface area (Å²) in [5, 5.41) is 16.9. The van der Waals surface area contributed by atoms with E-state index in [0.29, 0.717) is 29.2 Å². The first kappa shape index (κ1) is 39.5. The van der Waals surface area contributed by atoms with E-state index < -0.39 is 0 Å². The number of aromatic nitrogens is 3. The van der Waals surface area contributed by atoms with Crippen LogP contribution in [0.4, 0.5) is 29.2 Å². The van der Waals surface area contributed by atoms with Crippen molar-refractivity contribution >= 4 is 47.5 Å². The van der Waals surface area contributed by atoms with E-state index in [0.717, 1.165) is 63.0 Å². The summed E-state index contributed by atoms with van der Waals surface area (Å²) in [6.07, 6.45) is 6.96. The van der Waals surface area contributed by atoms with Gasteiger partial charge in [0.05, 0.1) is 5.56 Å². The minimum atomic E-state index is -0.388. The number of nitrogens with zero attached hydrogens (tertiary/aromatic N) is 5. The van der Waals surface area contributed by atoms with Crippen molar-refractivity contribution in [2.75, 3.05) is 46.6 Å². The largest absolute Gasteiger partial charge is 0.507 e. The molecule has 3 aromatic carbocycles. The van der Waals surface area contributed by atoms with E-state index in [1.165, 1.54) is 18.9 Å². The van der Waals surface area contributed by atoms with Crippen LogP contribution in [0.3, 0.4) is 0 Å². The van der Waals surface area contributed by atoms with Gasteiger partial charge in [-0.25, -0.2) is 0 Å². The number of phenols is 1. The fourth-order valence-corrected chi connectivity index (χ4v) is 5.39. The van der Waals surface area contributed by atoms with E-state index in [2.05, 4.69) is 20.4 Å². The lowest BCUT2D eigenvalue weighted by Crippen LogP contribution is -2.34. The molecule has 2 fully saturated rings. The fraction of sp³-hybridized carbons (Fsp3) is 0.312. The highest BCUT2D eigenvalue weighted by Crippen LogP contribution is 2.28. The topological polar surface area (TPSA) is 247 Å². The van der Waals surface area contributed by atoms with E-state index in [1.54, 1.807) is 12.1 Å². The Morgan fingerprint density at radius 1 is 0.652 bits per heavy atom. The van der Waals surface area contributed by atoms with Crippen LogP contribution in [0.15, 0.2) is 72.8 Å². The molecule has 3 heterocycles. The maximum absolute atomic E-state index is 13.0. The third kappa shape index (κ3) is 9.49. The highest BCUT2D eigenvalue weighted by molar-refractivity contribution is 6.06. The molecule has 13 nitrogen and oxygen atoms in total. The monoisotopic (exact) mass is 661 g/mol. The number of amides is 1. The van der Waals surface area contributed by atoms with Crippen LogP contribution in [-0.2, 0) is 0 Å². The predicted molar refractivity (Wildman–Crippen MR) is 199 cm³/mol. The number of halogens is 1. The number of hydrogen-bond donors (Lipinski definition) is 7. The standard InChI is InChI=1S/C32H35N7O2.ClH.4H3N.4H2/c40-28-22-26(16-17-27(28)29(41)33-25-14-12-24(13-15-25)23-10-4-1-5-11-23)34-30-35-31(38-18-6-2-7-19-38)37-32(36-30)39-20-8-3-9-21-39;;;;;;;;;/h1,4-5,10-17,22,40H,2-3,6-9,18-21H2,(H,33,41)(H,34,35,36,37);1H;4*1H3;4*1H. The lowest BCUT2D eigenvalue weighted by molar-refractivity contribution is 0.102. The molecule has 6 rings (SSSR count). The van der Waals surface area contributed by atoms with Crippen molar-refractivity contribution in [3.63, 3.8) is 0 Å². The lowest BCUT2D eigenvalue weighted by Gasteiger charge is -2.30. The van der Waals surface area contributed by atoms with Gasteiger partial charge in [-0.2, -0.15) is 15.0 Å². The molecule has 14 heteroatoms. The van der Waals surface area contributed by atoms with Crippen LogP contribution < -0.4 is 45.0 Å². The Kier molecular flexibility index (Phi) is 15.8. The highest BCUT2D eigenvalue weighted by Gasteiger charge is 2.21. The van der Waals surface area contributed by atoms with Crippen molar-refractivity contribution in [3.05, 3.63) is 78.4 Å². The average molecular weight is 662 g/mol. The van der Waals surface area contributed by atoms with Crippen LogP contribution in [0.2, 0.25) is 0 Å². The number of aromatic hydroxyl groups is 1. The van der Waals surface area contributed by atoms with Gasteiger partial charge in [-0.05, 0) is 73.9 Å². The second-order valence-corrected chi connectivity index (χ2v) is 10.6. The van der Waals surface area contributed by atoms with Crippen LogP contribution in [0.25, 0.3) is 11.1 Å². The number of carbonyl (C=O) groups excluding carboxylic acids is 1. The van der Waals surface area contributed by atoms with Gasteiger partial charge in [0.25, 0.3) is 5.91 Å². The average Bonchev–Trinajstić information content (AvgIpc) is 3.02. The number of anilines is 5. The first-order chi connectivity index (χ1) is 20.1. The van der Waals surface area contributed by atoms with Gasteiger partial charge in [0.15, 0.2) is 0 Å². The smallest absolute Gasteiger partial charge is 0.259 e. The van der Waals surface area contributed by atoms with Crippen molar-refractivity contribution in [3.8, 4) is 16.9 Å². The summed E-state index contributed by atoms with van der Waals surface area (Å²) in [5.41, 5.74) is 3.59. The number of carbonyl (C=O) groups is 1. The normalized spacial score (nSPS) is 13.7. The summed E-state index contributed by atoms with van der Waals surface area (Å²) in [5.74, 6) is 1.27. The van der Waals surface area contributed by atoms with Crippen molar-refractivity contribution in [1.29, 1.82) is 0 Å². The number of phenolic OH excluding ortho intramolecular Hbond substituents is 1. The first-order valence-electron chi connectivity index (χ1n) is 14.5. The molecule has 0 bridgehead atoms. The van der Waals surface area contributed by atoms with E-state index in [4.69, 9.17) is 15.0 Å². The maximum atomic E-state index is 13.0. The van der Waals surface area contributed by atoms with Gasteiger partial charge in [0.1, 0.15) is 5.75 Å². The van der Waals surface area contributed by atoms with E-state index in [1.807, 2.05) is 54.6 Å². The van der Waals surface area contributed by atoms with Gasteiger partial charge < -0.3 is 50.1 Å². The van der Waals surface area contributed by atoms with Crippen molar-refractivity contribution in [1.82, 2.24) is 39.6 Å². The summed E-state index contributed by atoms with van der Waals surface area (Å²) in [7, 11) is 0. The van der Waals surface area contributed by atoms with Gasteiger partial charge in [-0.15, -0.1) is 12.4 Å². The molecule has 0 radical (unpaired) electrons. The first-order valence-corrected chi connectivity index (χ1v) is 14.5. The number of piperidine rings is 2. The van der Waals surface area contributed by atoms with E-state index in [9.17, 15) is 9.90 Å². The van der Waals surface area contributed by atoms with E-state index in [-0.39, 0.29) is 59.9 Å². The number of benzene rings is 3. The summed E-state index contributed by atoms with van der Waals surface area (Å²) >= 11 is 0. The molecule has 0 saturated carbocycles. The van der Waals surface area contributed by atoms with Crippen LogP contribution in [0.5, 0.6) is 5.75 Å². The summed E-state index contributed by atoms with van der Waals surface area (Å²) in [6, 6.07) is 22.6. The van der Waals surface area contributed by atoms with Crippen LogP contribution >= 0.6 is 12.4 Å². The zero-order chi connectivity index (χ0) is 28.0. The predicted octanol–water partition coefficient (Wildman–Crippen LogP) is 8.27. The minimum Gasteiger partial charge on any atom is -0.507 e. The molecule has 46 heavy (non-hydrogen) atoms. The Bertz CT molecular complexity index is 1480. The van der Waals surface area contributed by atoms with Gasteiger partial charge in [-0.3, -0.25) is 4.79 Å². The summed E-state index contributed by atoms with van der Waals surface area (Å²) in [6.45, 7) is 3.73. The van der Waals surface area contributed by atoms with Gasteiger partial charge in [0.2, 0.25) is 17.8 Å². The SMILES string of the molecule is Cl.N.N.N.N.O=C(Nc1ccc(-c2ccccc2)cc1)c1ccc(Nc2nc(N3CCCCC3)nc(N3CCCCC3)n2)cc1O.[HH].[HH].[HH].[HH]. The van der Waals surface area contributed by atoms with E-state index >= 15 is 0 Å². The molecular formula is C32H56ClN11O2. The third-order valence-electron chi connectivity index (χ3n) is 7.64. The van der Waals surface area contributed by atoms with Gasteiger partial charge >= 0.3 is 0 Å². The van der Waals surface area contributed by atoms with Crippen LogP contribution in [0, 0.1) is 0 Å². The van der Waals surface area contributed by atoms with Gasteiger partial charge in [-0.1, -0.05) is 42.5 Å². The minimum absolute atomic E-state index is 0. The van der Waals surface area contributed by atoms with Crippen LogP contribution in [0.1, 0.15) is 54.6 Å². The Labute approximate surface area is 282 Å². The molecule has 2 saturated heterocycles. The molecule has 15 N–H and O–H groups in total. The van der Waals surface area contributed by atoms with Crippen molar-refractivity contribution in [2.45, 2.75) is 38.5 Å². The molecule has 2 aliphatic heterocycles. The Morgan fingerprint density at radius 2 is 1.15 bits per heavy atom. The number of rotatable bonds is 7. The molecule has 1 aromatic heterocycles. The molecule has 0 unspecified atom stereocenters. The molecule has 0 spiro atoms. The fourth-order valence-electron chi connectivity index (χ4n) is 5.39. The summed E-state index contributed by atoms with van der Waals surface area (Å²) < 4.78 is 0. The maximum Gasteiger partial charge on any atom is 0.259 e. The molecule has 0 atom stereocenters. The second-order valence-electron chi connectivity index (χ2n) is 10.6. The highest BCUT2D eigenvalue weighted by atomic mass is 35.5. The Hall–Kier alpha value is -4.53.